The lowest BCUT2D eigenvalue weighted by atomic mass is 10.2. The van der Waals surface area contributed by atoms with Crippen LogP contribution in [0.1, 0.15) is 6.92 Å². The first-order chi connectivity index (χ1) is 12.7. The summed E-state index contributed by atoms with van der Waals surface area (Å²) in [5.74, 6) is -5.96. The van der Waals surface area contributed by atoms with Gasteiger partial charge in [-0.15, -0.1) is 0 Å². The van der Waals surface area contributed by atoms with Crippen LogP contribution >= 0.6 is 23.2 Å². The highest BCUT2D eigenvalue weighted by Gasteiger charge is 2.19. The zero-order chi connectivity index (χ0) is 20.1. The number of amides is 2. The van der Waals surface area contributed by atoms with Gasteiger partial charge in [-0.2, -0.15) is 0 Å². The molecule has 0 bridgehead atoms. The van der Waals surface area contributed by atoms with Crippen molar-refractivity contribution in [1.29, 1.82) is 0 Å². The monoisotopic (exact) mass is 420 g/mol. The van der Waals surface area contributed by atoms with E-state index in [1.54, 1.807) is 6.07 Å². The number of nitrogens with one attached hydrogen (secondary N) is 2. The number of hydrogen-bond donors (Lipinski definition) is 2. The molecule has 0 radical (unpaired) electrons. The minimum Gasteiger partial charge on any atom is -0.479 e. The third-order valence-electron chi connectivity index (χ3n) is 3.30. The van der Waals surface area contributed by atoms with Gasteiger partial charge in [0.1, 0.15) is 5.75 Å². The number of benzene rings is 2. The predicted octanol–water partition coefficient (Wildman–Crippen LogP) is 3.93. The number of rotatable bonds is 6. The second kappa shape index (κ2) is 8.96. The number of halogens is 5. The van der Waals surface area contributed by atoms with Crippen LogP contribution in [0.25, 0.3) is 0 Å². The van der Waals surface area contributed by atoms with E-state index < -0.39 is 47.6 Å². The molecule has 0 spiro atoms. The van der Waals surface area contributed by atoms with E-state index >= 15 is 0 Å². The van der Waals surface area contributed by atoms with E-state index in [0.717, 1.165) is 6.07 Å². The van der Waals surface area contributed by atoms with Crippen LogP contribution in [-0.2, 0) is 9.59 Å². The number of carbonyl (C=O) groups is 2. The van der Waals surface area contributed by atoms with Crippen molar-refractivity contribution in [2.45, 2.75) is 13.0 Å². The molecule has 1 unspecified atom stereocenters. The standard InChI is InChI=1S/C17H13Cl2F3N2O3/c1-8(27-13-6-9(18)2-3-10(13)19)17(26)23-7-14(25)24-12-5-4-11(20)15(21)16(12)22/h2-6,8H,7H2,1H3,(H,23,26)(H,24,25). The molecule has 2 aromatic carbocycles. The molecule has 0 heterocycles. The molecular formula is C17H13Cl2F3N2O3. The molecule has 10 heteroatoms. The molecule has 0 aliphatic carbocycles. The third-order valence-corrected chi connectivity index (χ3v) is 3.85. The van der Waals surface area contributed by atoms with Crippen molar-refractivity contribution >= 4 is 40.7 Å². The number of carbonyl (C=O) groups excluding carboxylic acids is 2. The molecule has 0 saturated carbocycles. The topological polar surface area (TPSA) is 67.4 Å². The molecule has 0 aliphatic rings. The van der Waals surface area contributed by atoms with E-state index in [4.69, 9.17) is 27.9 Å². The van der Waals surface area contributed by atoms with Crippen LogP contribution in [0.5, 0.6) is 5.75 Å². The van der Waals surface area contributed by atoms with Gasteiger partial charge in [0.05, 0.1) is 17.3 Å². The Balaban J connectivity index is 1.90. The summed E-state index contributed by atoms with van der Waals surface area (Å²) in [6, 6.07) is 5.99. The van der Waals surface area contributed by atoms with Crippen molar-refractivity contribution in [3.8, 4) is 5.75 Å². The molecule has 2 aromatic rings. The molecule has 1 atom stereocenters. The first kappa shape index (κ1) is 20.9. The minimum atomic E-state index is -1.71. The van der Waals surface area contributed by atoms with Crippen LogP contribution in [0.15, 0.2) is 30.3 Å². The van der Waals surface area contributed by atoms with E-state index in [-0.39, 0.29) is 10.8 Å². The normalized spacial score (nSPS) is 11.6. The van der Waals surface area contributed by atoms with Crippen LogP contribution in [-0.4, -0.2) is 24.5 Å². The number of hydrogen-bond acceptors (Lipinski definition) is 3. The summed E-state index contributed by atoms with van der Waals surface area (Å²) in [7, 11) is 0. The lowest BCUT2D eigenvalue weighted by Crippen LogP contribution is -2.40. The highest BCUT2D eigenvalue weighted by atomic mass is 35.5. The van der Waals surface area contributed by atoms with E-state index in [2.05, 4.69) is 5.32 Å². The Hall–Kier alpha value is -2.45. The fourth-order valence-corrected chi connectivity index (χ4v) is 2.26. The van der Waals surface area contributed by atoms with Crippen LogP contribution in [0.3, 0.4) is 0 Å². The smallest absolute Gasteiger partial charge is 0.261 e. The third kappa shape index (κ3) is 5.51. The first-order valence-electron chi connectivity index (χ1n) is 7.51. The van der Waals surface area contributed by atoms with Gasteiger partial charge in [-0.1, -0.05) is 23.2 Å². The van der Waals surface area contributed by atoms with Gasteiger partial charge in [0.25, 0.3) is 5.91 Å². The van der Waals surface area contributed by atoms with Gasteiger partial charge in [0.2, 0.25) is 5.91 Å². The lowest BCUT2D eigenvalue weighted by molar-refractivity contribution is -0.129. The largest absolute Gasteiger partial charge is 0.479 e. The SMILES string of the molecule is CC(Oc1cc(Cl)ccc1Cl)C(=O)NCC(=O)Nc1ccc(F)c(F)c1F. The summed E-state index contributed by atoms with van der Waals surface area (Å²) in [5.41, 5.74) is -0.553. The Morgan fingerprint density at radius 1 is 1.11 bits per heavy atom. The average molecular weight is 421 g/mol. The second-order valence-electron chi connectivity index (χ2n) is 5.32. The molecule has 5 nitrogen and oxygen atoms in total. The maximum absolute atomic E-state index is 13.5. The van der Waals surface area contributed by atoms with Crippen LogP contribution < -0.4 is 15.4 Å². The zero-order valence-corrected chi connectivity index (χ0v) is 15.3. The van der Waals surface area contributed by atoms with Crippen molar-refractivity contribution in [2.75, 3.05) is 11.9 Å². The van der Waals surface area contributed by atoms with Gasteiger partial charge < -0.3 is 15.4 Å². The van der Waals surface area contributed by atoms with E-state index in [9.17, 15) is 22.8 Å². The first-order valence-corrected chi connectivity index (χ1v) is 8.27. The maximum Gasteiger partial charge on any atom is 0.261 e. The average Bonchev–Trinajstić information content (AvgIpc) is 2.63. The van der Waals surface area contributed by atoms with Gasteiger partial charge >= 0.3 is 0 Å². The van der Waals surface area contributed by atoms with Crippen molar-refractivity contribution in [3.63, 3.8) is 0 Å². The number of ether oxygens (including phenoxy) is 1. The van der Waals surface area contributed by atoms with Crippen LogP contribution in [0, 0.1) is 17.5 Å². The highest BCUT2D eigenvalue weighted by molar-refractivity contribution is 6.34. The van der Waals surface area contributed by atoms with E-state index in [1.807, 2.05) is 5.32 Å². The van der Waals surface area contributed by atoms with E-state index in [1.165, 1.54) is 19.1 Å². The molecule has 0 fully saturated rings. The summed E-state index contributed by atoms with van der Waals surface area (Å²) in [5, 5.41) is 4.88. The molecule has 27 heavy (non-hydrogen) atoms. The van der Waals surface area contributed by atoms with Gasteiger partial charge in [-0.05, 0) is 31.2 Å². The lowest BCUT2D eigenvalue weighted by Gasteiger charge is -2.16. The Morgan fingerprint density at radius 3 is 2.52 bits per heavy atom. The summed E-state index contributed by atoms with van der Waals surface area (Å²) < 4.78 is 44.9. The second-order valence-corrected chi connectivity index (χ2v) is 6.17. The highest BCUT2D eigenvalue weighted by Crippen LogP contribution is 2.28. The van der Waals surface area contributed by atoms with Crippen molar-refractivity contribution in [1.82, 2.24) is 5.32 Å². The molecule has 144 valence electrons. The Morgan fingerprint density at radius 2 is 1.81 bits per heavy atom. The van der Waals surface area contributed by atoms with Gasteiger partial charge in [-0.3, -0.25) is 9.59 Å². The fourth-order valence-electron chi connectivity index (χ4n) is 1.94. The van der Waals surface area contributed by atoms with Gasteiger partial charge in [0.15, 0.2) is 23.6 Å². The molecule has 0 aliphatic heterocycles. The van der Waals surface area contributed by atoms with Gasteiger partial charge in [0, 0.05) is 11.1 Å². The summed E-state index contributed by atoms with van der Waals surface area (Å²) in [4.78, 5) is 23.7. The molecule has 0 aromatic heterocycles. The van der Waals surface area contributed by atoms with Crippen molar-refractivity contribution in [2.24, 2.45) is 0 Å². The maximum atomic E-state index is 13.5. The molecule has 2 N–H and O–H groups in total. The fraction of sp³-hybridized carbons (Fsp3) is 0.176. The zero-order valence-electron chi connectivity index (χ0n) is 13.8. The Bertz CT molecular complexity index is 881. The predicted molar refractivity (Wildman–Crippen MR) is 94.5 cm³/mol. The van der Waals surface area contributed by atoms with Crippen molar-refractivity contribution < 1.29 is 27.5 Å². The quantitative estimate of drug-likeness (QED) is 0.695. The molecule has 2 amide bonds. The molecule has 0 saturated heterocycles. The van der Waals surface area contributed by atoms with Crippen LogP contribution in [0.2, 0.25) is 10.0 Å². The summed E-state index contributed by atoms with van der Waals surface area (Å²) >= 11 is 11.7. The van der Waals surface area contributed by atoms with Crippen LogP contribution in [0.4, 0.5) is 18.9 Å². The van der Waals surface area contributed by atoms with Crippen molar-refractivity contribution in [3.05, 3.63) is 57.8 Å². The number of anilines is 1. The van der Waals surface area contributed by atoms with Gasteiger partial charge in [-0.25, -0.2) is 13.2 Å². The Labute approximate surface area is 162 Å². The summed E-state index contributed by atoms with van der Waals surface area (Å²) in [6.45, 7) is 0.869. The minimum absolute atomic E-state index is 0.181. The summed E-state index contributed by atoms with van der Waals surface area (Å²) in [6.07, 6.45) is -1.02. The molecular weight excluding hydrogens is 408 g/mol. The Kier molecular flexibility index (Phi) is 6.92. The molecule has 2 rings (SSSR count). The van der Waals surface area contributed by atoms with E-state index in [0.29, 0.717) is 11.1 Å².